The van der Waals surface area contributed by atoms with Crippen LogP contribution in [0.3, 0.4) is 0 Å². The van der Waals surface area contributed by atoms with Crippen LogP contribution in [-0.2, 0) is 9.59 Å². The molecule has 0 atom stereocenters. The van der Waals surface area contributed by atoms with Gasteiger partial charge in [0.15, 0.2) is 0 Å². The molecule has 0 spiro atoms. The zero-order valence-corrected chi connectivity index (χ0v) is 16.3. The van der Waals surface area contributed by atoms with Gasteiger partial charge in [-0.2, -0.15) is 0 Å². The summed E-state index contributed by atoms with van der Waals surface area (Å²) >= 11 is 6.44. The van der Waals surface area contributed by atoms with Crippen LogP contribution in [0, 0.1) is 11.6 Å². The minimum atomic E-state index is -0.374. The van der Waals surface area contributed by atoms with Crippen molar-refractivity contribution in [3.05, 3.63) is 70.6 Å². The quantitative estimate of drug-likeness (QED) is 0.551. The molecule has 1 aliphatic heterocycles. The number of anilines is 1. The maximum Gasteiger partial charge on any atom is 0.266 e. The number of thiocarbonyl (C=S) groups is 1. The maximum absolute atomic E-state index is 13.0. The van der Waals surface area contributed by atoms with Gasteiger partial charge in [0.1, 0.15) is 16.0 Å². The van der Waals surface area contributed by atoms with Crippen molar-refractivity contribution >= 4 is 51.9 Å². The second-order valence-electron chi connectivity index (χ2n) is 6.04. The number of thioether (sulfide) groups is 1. The van der Waals surface area contributed by atoms with Crippen LogP contribution >= 0.6 is 24.0 Å². The smallest absolute Gasteiger partial charge is 0.266 e. The molecule has 2 aromatic rings. The van der Waals surface area contributed by atoms with E-state index >= 15 is 0 Å². The van der Waals surface area contributed by atoms with Crippen molar-refractivity contribution in [3.8, 4) is 0 Å². The number of nitrogens with zero attached hydrogens (tertiary/aromatic N) is 1. The first-order valence-corrected chi connectivity index (χ1v) is 9.71. The fourth-order valence-electron chi connectivity index (χ4n) is 2.56. The summed E-state index contributed by atoms with van der Waals surface area (Å²) in [5, 5.41) is 2.67. The molecule has 0 saturated carbocycles. The molecule has 4 nitrogen and oxygen atoms in total. The third-order valence-electron chi connectivity index (χ3n) is 3.95. The molecule has 1 saturated heterocycles. The van der Waals surface area contributed by atoms with Gasteiger partial charge in [-0.25, -0.2) is 8.78 Å². The Balaban J connectivity index is 1.52. The zero-order valence-electron chi connectivity index (χ0n) is 14.7. The Labute approximate surface area is 170 Å². The molecule has 0 aromatic heterocycles. The normalized spacial score (nSPS) is 15.4. The Morgan fingerprint density at radius 3 is 2.32 bits per heavy atom. The van der Waals surface area contributed by atoms with Crippen LogP contribution in [0.25, 0.3) is 6.08 Å². The van der Waals surface area contributed by atoms with E-state index in [1.807, 2.05) is 0 Å². The molecule has 2 aromatic carbocycles. The van der Waals surface area contributed by atoms with E-state index in [0.29, 0.717) is 33.4 Å². The second-order valence-corrected chi connectivity index (χ2v) is 7.72. The lowest BCUT2D eigenvalue weighted by molar-refractivity contribution is -0.122. The minimum Gasteiger partial charge on any atom is -0.326 e. The molecular weight excluding hydrogens is 402 g/mol. The lowest BCUT2D eigenvalue weighted by atomic mass is 10.2. The van der Waals surface area contributed by atoms with E-state index in [-0.39, 0.29) is 29.9 Å². The first-order valence-electron chi connectivity index (χ1n) is 8.49. The molecule has 0 unspecified atom stereocenters. The zero-order chi connectivity index (χ0) is 20.1. The van der Waals surface area contributed by atoms with Crippen molar-refractivity contribution in [2.24, 2.45) is 0 Å². The monoisotopic (exact) mass is 418 g/mol. The van der Waals surface area contributed by atoms with Crippen molar-refractivity contribution in [1.82, 2.24) is 4.90 Å². The molecule has 1 fully saturated rings. The fourth-order valence-corrected chi connectivity index (χ4v) is 3.87. The van der Waals surface area contributed by atoms with Crippen LogP contribution in [0.1, 0.15) is 18.4 Å². The lowest BCUT2D eigenvalue weighted by Gasteiger charge is -2.14. The third kappa shape index (κ3) is 5.24. The van der Waals surface area contributed by atoms with Crippen molar-refractivity contribution in [1.29, 1.82) is 0 Å². The van der Waals surface area contributed by atoms with Crippen LogP contribution in [-0.4, -0.2) is 27.6 Å². The Bertz CT molecular complexity index is 928. The SMILES string of the molecule is O=C(CCCN1C(=O)/C(=C/c2ccc(F)cc2)SC1=S)Nc1ccc(F)cc1. The summed E-state index contributed by atoms with van der Waals surface area (Å²) in [6.07, 6.45) is 2.30. The largest absolute Gasteiger partial charge is 0.326 e. The molecule has 0 radical (unpaired) electrons. The number of carbonyl (C=O) groups is 2. The van der Waals surface area contributed by atoms with Crippen LogP contribution in [0.4, 0.5) is 14.5 Å². The summed E-state index contributed by atoms with van der Waals surface area (Å²) in [5.74, 6) is -1.16. The molecule has 2 amide bonds. The Morgan fingerprint density at radius 2 is 1.68 bits per heavy atom. The van der Waals surface area contributed by atoms with Crippen molar-refractivity contribution in [2.45, 2.75) is 12.8 Å². The van der Waals surface area contributed by atoms with Crippen LogP contribution in [0.5, 0.6) is 0 Å². The van der Waals surface area contributed by atoms with Crippen molar-refractivity contribution in [2.75, 3.05) is 11.9 Å². The average Bonchev–Trinajstić information content (AvgIpc) is 2.93. The topological polar surface area (TPSA) is 49.4 Å². The van der Waals surface area contributed by atoms with Crippen molar-refractivity contribution in [3.63, 3.8) is 0 Å². The predicted octanol–water partition coefficient (Wildman–Crippen LogP) is 4.58. The molecule has 0 aliphatic carbocycles. The number of halogens is 2. The fraction of sp³-hybridized carbons (Fsp3) is 0.150. The second kappa shape index (κ2) is 9.07. The van der Waals surface area contributed by atoms with E-state index in [4.69, 9.17) is 12.2 Å². The Hall–Kier alpha value is -2.58. The maximum atomic E-state index is 13.0. The third-order valence-corrected chi connectivity index (χ3v) is 5.33. The average molecular weight is 418 g/mol. The van der Waals surface area contributed by atoms with Crippen LogP contribution in [0.2, 0.25) is 0 Å². The summed E-state index contributed by atoms with van der Waals surface area (Å²) in [4.78, 5) is 26.4. The number of hydrogen-bond acceptors (Lipinski definition) is 4. The molecular formula is C20H16F2N2O2S2. The van der Waals surface area contributed by atoms with Gasteiger partial charge in [-0.1, -0.05) is 36.1 Å². The summed E-state index contributed by atoms with van der Waals surface area (Å²) < 4.78 is 26.3. The molecule has 1 heterocycles. The number of benzene rings is 2. The number of nitrogens with one attached hydrogen (secondary N) is 1. The summed E-state index contributed by atoms with van der Waals surface area (Å²) in [7, 11) is 0. The van der Waals surface area contributed by atoms with E-state index in [9.17, 15) is 18.4 Å². The lowest BCUT2D eigenvalue weighted by Crippen LogP contribution is -2.29. The highest BCUT2D eigenvalue weighted by Crippen LogP contribution is 2.32. The van der Waals surface area contributed by atoms with Crippen LogP contribution < -0.4 is 5.32 Å². The Kier molecular flexibility index (Phi) is 6.53. The van der Waals surface area contributed by atoms with Crippen LogP contribution in [0.15, 0.2) is 53.4 Å². The summed E-state index contributed by atoms with van der Waals surface area (Å²) in [5.41, 5.74) is 1.22. The first-order chi connectivity index (χ1) is 13.4. The highest BCUT2D eigenvalue weighted by molar-refractivity contribution is 8.26. The van der Waals surface area contributed by atoms with Gasteiger partial charge in [-0.15, -0.1) is 0 Å². The number of hydrogen-bond donors (Lipinski definition) is 1. The van der Waals surface area contributed by atoms with Gasteiger partial charge in [0, 0.05) is 18.7 Å². The highest BCUT2D eigenvalue weighted by Gasteiger charge is 2.31. The highest BCUT2D eigenvalue weighted by atomic mass is 32.2. The van der Waals surface area contributed by atoms with Gasteiger partial charge in [0.25, 0.3) is 5.91 Å². The van der Waals surface area contributed by atoms with Gasteiger partial charge in [-0.05, 0) is 54.5 Å². The number of amides is 2. The van der Waals surface area contributed by atoms with E-state index < -0.39 is 0 Å². The molecule has 0 bridgehead atoms. The van der Waals surface area contributed by atoms with Gasteiger partial charge >= 0.3 is 0 Å². The van der Waals surface area contributed by atoms with Gasteiger partial charge < -0.3 is 5.32 Å². The van der Waals surface area contributed by atoms with E-state index in [2.05, 4.69) is 5.32 Å². The molecule has 3 rings (SSSR count). The molecule has 8 heteroatoms. The van der Waals surface area contributed by atoms with Gasteiger partial charge in [-0.3, -0.25) is 14.5 Å². The summed E-state index contributed by atoms with van der Waals surface area (Å²) in [6, 6.07) is 11.3. The van der Waals surface area contributed by atoms with Gasteiger partial charge in [0.05, 0.1) is 4.91 Å². The molecule has 1 N–H and O–H groups in total. The van der Waals surface area contributed by atoms with E-state index in [1.54, 1.807) is 18.2 Å². The number of rotatable bonds is 6. The Morgan fingerprint density at radius 1 is 1.07 bits per heavy atom. The minimum absolute atomic E-state index is 0.200. The van der Waals surface area contributed by atoms with Crippen molar-refractivity contribution < 1.29 is 18.4 Å². The van der Waals surface area contributed by atoms with E-state index in [0.717, 1.165) is 0 Å². The summed E-state index contributed by atoms with van der Waals surface area (Å²) in [6.45, 7) is 0.322. The molecule has 144 valence electrons. The molecule has 28 heavy (non-hydrogen) atoms. The standard InChI is InChI=1S/C20H16F2N2O2S2/c21-14-5-3-13(4-6-14)12-17-19(26)24(20(27)28-17)11-1-2-18(25)23-16-9-7-15(22)8-10-16/h3-10,12H,1-2,11H2,(H,23,25)/b17-12-. The number of carbonyl (C=O) groups excluding carboxylic acids is 2. The predicted molar refractivity (Wildman–Crippen MR) is 111 cm³/mol. The van der Waals surface area contributed by atoms with E-state index in [1.165, 1.54) is 53.1 Å². The first kappa shape index (κ1) is 20.2. The van der Waals surface area contributed by atoms with Gasteiger partial charge in [0.2, 0.25) is 5.91 Å². The molecule has 1 aliphatic rings.